The van der Waals surface area contributed by atoms with Crippen LogP contribution in [0.4, 0.5) is 5.69 Å². The number of anilines is 1. The molecule has 1 aromatic carbocycles. The zero-order valence-corrected chi connectivity index (χ0v) is 21.5. The van der Waals surface area contributed by atoms with Crippen LogP contribution in [-0.4, -0.2) is 45.6 Å². The van der Waals surface area contributed by atoms with Crippen molar-refractivity contribution in [2.45, 2.75) is 39.0 Å². The Morgan fingerprint density at radius 1 is 1.03 bits per heavy atom. The minimum absolute atomic E-state index is 0.0876. The number of amides is 1. The van der Waals surface area contributed by atoms with Crippen LogP contribution in [0.1, 0.15) is 37.8 Å². The highest BCUT2D eigenvalue weighted by Crippen LogP contribution is 2.32. The van der Waals surface area contributed by atoms with E-state index in [0.29, 0.717) is 23.0 Å². The van der Waals surface area contributed by atoms with Gasteiger partial charge in [0.05, 0.1) is 28.6 Å². The molecule has 0 atom stereocenters. The molecule has 7 rings (SSSR count). The first kappa shape index (κ1) is 23.3. The Bertz CT molecular complexity index is 1820. The van der Waals surface area contributed by atoms with Gasteiger partial charge in [0.15, 0.2) is 11.6 Å². The first-order valence-electron chi connectivity index (χ1n) is 13.2. The van der Waals surface area contributed by atoms with E-state index in [1.807, 2.05) is 48.1 Å². The molecule has 1 fully saturated rings. The van der Waals surface area contributed by atoms with Crippen LogP contribution < -0.4 is 5.32 Å². The van der Waals surface area contributed by atoms with Crippen molar-refractivity contribution in [2.75, 3.05) is 5.32 Å². The first-order valence-corrected chi connectivity index (χ1v) is 13.2. The van der Waals surface area contributed by atoms with Crippen LogP contribution in [0, 0.1) is 12.8 Å². The van der Waals surface area contributed by atoms with Gasteiger partial charge in [0.25, 0.3) is 0 Å². The molecule has 0 saturated heterocycles. The molecule has 0 aliphatic heterocycles. The molecule has 3 N–H and O–H groups in total. The Hall–Kier alpha value is -4.86. The summed E-state index contributed by atoms with van der Waals surface area (Å²) >= 11 is 0. The van der Waals surface area contributed by atoms with Crippen molar-refractivity contribution >= 4 is 33.5 Å². The smallest absolute Gasteiger partial charge is 0.227 e. The number of nitrogens with one attached hydrogen (secondary N) is 3. The highest BCUT2D eigenvalue weighted by molar-refractivity contribution is 5.97. The lowest BCUT2D eigenvalue weighted by Gasteiger charge is -2.20. The molecule has 10 nitrogen and oxygen atoms in total. The van der Waals surface area contributed by atoms with E-state index in [1.54, 1.807) is 18.7 Å². The number of carbonyl (C=O) groups is 1. The fourth-order valence-corrected chi connectivity index (χ4v) is 5.41. The molecule has 6 aromatic rings. The van der Waals surface area contributed by atoms with Crippen molar-refractivity contribution in [3.05, 3.63) is 67.1 Å². The molecule has 0 radical (unpaired) electrons. The Kier molecular flexibility index (Phi) is 5.65. The maximum absolute atomic E-state index is 12.8. The molecule has 0 bridgehead atoms. The second kappa shape index (κ2) is 9.46. The molecule has 10 heteroatoms. The standard InChI is InChI=1S/C29H27N9O/c1-17-15-38(16-32-17)28-26-24(9-10-31-28)34-27(35-26)25-22-12-19(7-8-23(22)36-37-25)20-11-21(14-30-13-20)33-29(39)18-5-3-2-4-6-18/h7-16,18H,2-6H2,1H3,(H,33,39)(H,34,35)(H,36,37). The van der Waals surface area contributed by atoms with Crippen LogP contribution in [-0.2, 0) is 4.79 Å². The Labute approximate surface area is 223 Å². The second-order valence-corrected chi connectivity index (χ2v) is 10.2. The first-order chi connectivity index (χ1) is 19.1. The van der Waals surface area contributed by atoms with E-state index >= 15 is 0 Å². The second-order valence-electron chi connectivity index (χ2n) is 10.2. The van der Waals surface area contributed by atoms with Crippen molar-refractivity contribution in [1.29, 1.82) is 0 Å². The van der Waals surface area contributed by atoms with Gasteiger partial charge in [-0.25, -0.2) is 15.0 Å². The Balaban J connectivity index is 1.22. The van der Waals surface area contributed by atoms with Crippen LogP contribution in [0.3, 0.4) is 0 Å². The average Bonchev–Trinajstić information content (AvgIpc) is 3.71. The molecule has 0 spiro atoms. The minimum atomic E-state index is 0.0876. The van der Waals surface area contributed by atoms with Gasteiger partial charge in [0.2, 0.25) is 5.91 Å². The average molecular weight is 518 g/mol. The van der Waals surface area contributed by atoms with E-state index in [2.05, 4.69) is 41.5 Å². The predicted molar refractivity (Wildman–Crippen MR) is 149 cm³/mol. The molecular formula is C29H27N9O. The quantitative estimate of drug-likeness (QED) is 0.274. The maximum atomic E-state index is 12.8. The zero-order valence-electron chi connectivity index (χ0n) is 21.5. The third-order valence-electron chi connectivity index (χ3n) is 7.44. The molecule has 0 unspecified atom stereocenters. The summed E-state index contributed by atoms with van der Waals surface area (Å²) in [6, 6.07) is 9.97. The summed E-state index contributed by atoms with van der Waals surface area (Å²) in [5.74, 6) is 1.52. The number of H-pyrrole nitrogens is 2. The molecule has 194 valence electrons. The van der Waals surface area contributed by atoms with Gasteiger partial charge in [-0.3, -0.25) is 19.4 Å². The Morgan fingerprint density at radius 2 is 1.92 bits per heavy atom. The number of hydrogen-bond acceptors (Lipinski definition) is 6. The number of nitrogens with zero attached hydrogens (tertiary/aromatic N) is 6. The lowest BCUT2D eigenvalue weighted by molar-refractivity contribution is -0.120. The number of carbonyl (C=O) groups excluding carboxylic acids is 1. The van der Waals surface area contributed by atoms with E-state index in [1.165, 1.54) is 6.42 Å². The fraction of sp³-hybridized carbons (Fsp3) is 0.241. The predicted octanol–water partition coefficient (Wildman–Crippen LogP) is 5.58. The molecule has 1 saturated carbocycles. The number of rotatable bonds is 5. The summed E-state index contributed by atoms with van der Waals surface area (Å²) in [5.41, 5.74) is 6.71. The minimum Gasteiger partial charge on any atom is -0.336 e. The van der Waals surface area contributed by atoms with Crippen molar-refractivity contribution in [3.8, 4) is 28.5 Å². The normalized spacial score (nSPS) is 14.3. The van der Waals surface area contributed by atoms with Crippen LogP contribution in [0.2, 0.25) is 0 Å². The van der Waals surface area contributed by atoms with Crippen LogP contribution in [0.5, 0.6) is 0 Å². The summed E-state index contributed by atoms with van der Waals surface area (Å²) in [5, 5.41) is 11.7. The van der Waals surface area contributed by atoms with E-state index in [0.717, 1.165) is 64.4 Å². The summed E-state index contributed by atoms with van der Waals surface area (Å²) in [6.07, 6.45) is 14.3. The number of benzene rings is 1. The summed E-state index contributed by atoms with van der Waals surface area (Å²) < 4.78 is 1.87. The SMILES string of the molecule is Cc1cn(-c2nccc3[nH]c(-c4n[nH]c5ccc(-c6cncc(NC(=O)C7CCCCC7)c6)cc45)nc23)cn1. The highest BCUT2D eigenvalue weighted by atomic mass is 16.1. The van der Waals surface area contributed by atoms with Crippen molar-refractivity contribution in [3.63, 3.8) is 0 Å². The van der Waals surface area contributed by atoms with E-state index in [4.69, 9.17) is 4.98 Å². The van der Waals surface area contributed by atoms with Crippen LogP contribution in [0.25, 0.3) is 50.4 Å². The number of fused-ring (bicyclic) bond motifs is 2. The monoisotopic (exact) mass is 517 g/mol. The van der Waals surface area contributed by atoms with Gasteiger partial charge in [-0.15, -0.1) is 0 Å². The summed E-state index contributed by atoms with van der Waals surface area (Å²) in [6.45, 7) is 1.94. The molecule has 5 aromatic heterocycles. The van der Waals surface area contributed by atoms with Gasteiger partial charge >= 0.3 is 0 Å². The third-order valence-corrected chi connectivity index (χ3v) is 7.44. The van der Waals surface area contributed by atoms with Gasteiger partial charge in [-0.2, -0.15) is 5.10 Å². The van der Waals surface area contributed by atoms with Gasteiger partial charge < -0.3 is 10.3 Å². The number of aryl methyl sites for hydroxylation is 1. The highest BCUT2D eigenvalue weighted by Gasteiger charge is 2.21. The zero-order chi connectivity index (χ0) is 26.3. The molecular weight excluding hydrogens is 490 g/mol. The lowest BCUT2D eigenvalue weighted by Crippen LogP contribution is -2.24. The summed E-state index contributed by atoms with van der Waals surface area (Å²) in [4.78, 5) is 34.3. The van der Waals surface area contributed by atoms with Crippen LogP contribution in [0.15, 0.2) is 61.4 Å². The maximum Gasteiger partial charge on any atom is 0.227 e. The van der Waals surface area contributed by atoms with E-state index < -0.39 is 0 Å². The topological polar surface area (TPSA) is 130 Å². The van der Waals surface area contributed by atoms with Crippen LogP contribution >= 0.6 is 0 Å². The summed E-state index contributed by atoms with van der Waals surface area (Å²) in [7, 11) is 0. The number of pyridine rings is 2. The number of hydrogen-bond donors (Lipinski definition) is 3. The van der Waals surface area contributed by atoms with Gasteiger partial charge in [-0.05, 0) is 49.6 Å². The number of aromatic amines is 2. The largest absolute Gasteiger partial charge is 0.336 e. The molecule has 1 aliphatic rings. The van der Waals surface area contributed by atoms with Crippen molar-refractivity contribution in [1.82, 2.24) is 39.7 Å². The molecule has 39 heavy (non-hydrogen) atoms. The molecule has 5 heterocycles. The third kappa shape index (κ3) is 4.33. The molecule has 1 amide bonds. The van der Waals surface area contributed by atoms with Gasteiger partial charge in [0.1, 0.15) is 17.5 Å². The van der Waals surface area contributed by atoms with Crippen molar-refractivity contribution < 1.29 is 4.79 Å². The van der Waals surface area contributed by atoms with Gasteiger partial charge in [0, 0.05) is 35.5 Å². The number of aromatic nitrogens is 8. The van der Waals surface area contributed by atoms with Gasteiger partial charge in [-0.1, -0.05) is 25.3 Å². The lowest BCUT2D eigenvalue weighted by atomic mass is 9.88. The van der Waals surface area contributed by atoms with E-state index in [9.17, 15) is 4.79 Å². The fourth-order valence-electron chi connectivity index (χ4n) is 5.41. The molecule has 1 aliphatic carbocycles. The van der Waals surface area contributed by atoms with E-state index in [-0.39, 0.29) is 11.8 Å². The Morgan fingerprint density at radius 3 is 2.77 bits per heavy atom. The number of imidazole rings is 2. The van der Waals surface area contributed by atoms with Crippen molar-refractivity contribution in [2.24, 2.45) is 5.92 Å².